The van der Waals surface area contributed by atoms with Gasteiger partial charge in [0.2, 0.25) is 0 Å². The average Bonchev–Trinajstić information content (AvgIpc) is 3.64. The highest BCUT2D eigenvalue weighted by molar-refractivity contribution is 7.16. The first-order chi connectivity index (χ1) is 21.6. The summed E-state index contributed by atoms with van der Waals surface area (Å²) in [6.07, 6.45) is 3.09. The number of aromatic nitrogens is 1. The summed E-state index contributed by atoms with van der Waals surface area (Å²) in [4.78, 5) is 33.3. The number of nitrogens with zero attached hydrogens (tertiary/aromatic N) is 2. The average molecular weight is 657 g/mol. The van der Waals surface area contributed by atoms with E-state index < -0.39 is 17.7 Å². The molecule has 4 N–H and O–H groups in total. The van der Waals surface area contributed by atoms with E-state index in [1.54, 1.807) is 17.4 Å². The van der Waals surface area contributed by atoms with E-state index in [1.807, 2.05) is 24.0 Å². The molecule has 45 heavy (non-hydrogen) atoms. The highest BCUT2D eigenvalue weighted by Crippen LogP contribution is 2.41. The predicted octanol–water partition coefficient (Wildman–Crippen LogP) is 5.33. The molecule has 8 nitrogen and oxygen atoms in total. The van der Waals surface area contributed by atoms with Crippen molar-refractivity contribution in [2.75, 3.05) is 39.3 Å². The number of aromatic hydroxyl groups is 1. The second kappa shape index (κ2) is 13.3. The minimum atomic E-state index is -0.975. The maximum absolute atomic E-state index is 15.6. The van der Waals surface area contributed by atoms with Crippen molar-refractivity contribution < 1.29 is 23.8 Å². The number of hydrogen-bond donors (Lipinski definition) is 4. The van der Waals surface area contributed by atoms with Gasteiger partial charge in [-0.05, 0) is 88.3 Å². The highest BCUT2D eigenvalue weighted by atomic mass is 32.1. The van der Waals surface area contributed by atoms with Crippen LogP contribution in [0.15, 0.2) is 41.2 Å². The smallest absolute Gasteiger partial charge is 0.305 e. The van der Waals surface area contributed by atoms with Gasteiger partial charge in [-0.1, -0.05) is 23.5 Å². The fourth-order valence-electron chi connectivity index (χ4n) is 6.78. The van der Waals surface area contributed by atoms with Gasteiger partial charge in [0.15, 0.2) is 0 Å². The third-order valence-electron chi connectivity index (χ3n) is 9.31. The Kier molecular flexibility index (Phi) is 9.39. The van der Waals surface area contributed by atoms with Gasteiger partial charge in [-0.2, -0.15) is 0 Å². The van der Waals surface area contributed by atoms with Crippen LogP contribution in [0.4, 0.5) is 8.78 Å². The van der Waals surface area contributed by atoms with Gasteiger partial charge in [0.1, 0.15) is 22.9 Å². The van der Waals surface area contributed by atoms with Crippen LogP contribution >= 0.6 is 22.7 Å². The van der Waals surface area contributed by atoms with Gasteiger partial charge in [0.05, 0.1) is 15.7 Å². The van der Waals surface area contributed by atoms with Crippen molar-refractivity contribution in [2.24, 2.45) is 5.41 Å². The summed E-state index contributed by atoms with van der Waals surface area (Å²) in [5.41, 5.74) is 1.34. The second-order valence-electron chi connectivity index (χ2n) is 12.4. The number of carbonyl (C=O) groups excluding carboxylic acids is 1. The fraction of sp³-hybridized carbons (Fsp3) is 0.455. The number of carbonyl (C=O) groups is 1. The van der Waals surface area contributed by atoms with Gasteiger partial charge in [0.25, 0.3) is 5.91 Å². The number of aliphatic hydroxyl groups excluding tert-OH is 1. The van der Waals surface area contributed by atoms with E-state index >= 15 is 4.39 Å². The van der Waals surface area contributed by atoms with Crippen LogP contribution in [-0.2, 0) is 13.0 Å². The number of likely N-dealkylation sites (tertiary alicyclic amines) is 2. The molecule has 2 aliphatic rings. The molecule has 0 radical (unpaired) electrons. The van der Waals surface area contributed by atoms with Crippen molar-refractivity contribution in [3.63, 3.8) is 0 Å². The number of benzene rings is 2. The Morgan fingerprint density at radius 1 is 1.09 bits per heavy atom. The molecule has 2 aromatic heterocycles. The molecule has 2 aromatic carbocycles. The monoisotopic (exact) mass is 656 g/mol. The van der Waals surface area contributed by atoms with Crippen LogP contribution in [-0.4, -0.2) is 70.2 Å². The van der Waals surface area contributed by atoms with Crippen molar-refractivity contribution in [1.82, 2.24) is 20.1 Å². The lowest BCUT2D eigenvalue weighted by molar-refractivity contribution is 0.0198. The van der Waals surface area contributed by atoms with Crippen molar-refractivity contribution in [2.45, 2.75) is 51.7 Å². The molecule has 240 valence electrons. The number of thiophene rings is 1. The number of halogens is 2. The number of piperidine rings is 2. The Balaban J connectivity index is 1.02. The van der Waals surface area contributed by atoms with E-state index in [2.05, 4.69) is 15.2 Å². The lowest BCUT2D eigenvalue weighted by Crippen LogP contribution is -2.50. The predicted molar refractivity (Wildman–Crippen MR) is 173 cm³/mol. The molecule has 12 heteroatoms. The number of amides is 1. The van der Waals surface area contributed by atoms with Crippen LogP contribution in [0.25, 0.3) is 10.2 Å². The minimum Gasteiger partial charge on any atom is -0.506 e. The van der Waals surface area contributed by atoms with Crippen LogP contribution in [0.3, 0.4) is 0 Å². The maximum Gasteiger partial charge on any atom is 0.305 e. The van der Waals surface area contributed by atoms with E-state index in [-0.39, 0.29) is 52.5 Å². The summed E-state index contributed by atoms with van der Waals surface area (Å²) in [5.74, 6) is -1.08. The van der Waals surface area contributed by atoms with Crippen molar-refractivity contribution in [3.8, 4) is 5.75 Å². The van der Waals surface area contributed by atoms with Crippen LogP contribution in [0, 0.1) is 24.0 Å². The van der Waals surface area contributed by atoms with Crippen molar-refractivity contribution in [3.05, 3.63) is 84.1 Å². The topological polar surface area (TPSA) is 109 Å². The Morgan fingerprint density at radius 2 is 1.89 bits per heavy atom. The molecule has 0 aliphatic carbocycles. The van der Waals surface area contributed by atoms with E-state index in [9.17, 15) is 24.2 Å². The SMILES string of the molecule is Cc1ccc(C(=O)N2CCCC3(CCN(Cc4ccc(F)c(CCNC[C@H](O)c5ccc(O)c6[nH]c(=O)sc56)c4F)CC3)C2)s1. The third-order valence-corrected chi connectivity index (χ3v) is 11.2. The summed E-state index contributed by atoms with van der Waals surface area (Å²) < 4.78 is 30.8. The van der Waals surface area contributed by atoms with Gasteiger partial charge in [-0.25, -0.2) is 8.78 Å². The first-order valence-electron chi connectivity index (χ1n) is 15.4. The number of aromatic amines is 1. The standard InChI is InChI=1S/C33H38F2N4O4S2/c1-20-3-8-27(44-20)31(42)39-14-2-10-33(19-39)11-15-38(16-12-33)18-21-4-6-24(34)22(28(21)35)9-13-36-17-26(41)23-5-7-25(40)29-30(23)45-32(43)37-29/h3-8,26,36,40-41H,2,9-19H2,1H3,(H,37,43)/t26-/m0/s1. The Morgan fingerprint density at radius 3 is 2.64 bits per heavy atom. The molecule has 4 aromatic rings. The molecule has 4 heterocycles. The molecule has 0 bridgehead atoms. The number of thiazole rings is 1. The molecule has 0 unspecified atom stereocenters. The number of hydrogen-bond acceptors (Lipinski definition) is 8. The molecule has 2 saturated heterocycles. The summed E-state index contributed by atoms with van der Waals surface area (Å²) in [6, 6.07) is 9.74. The number of aryl methyl sites for hydroxylation is 1. The summed E-state index contributed by atoms with van der Waals surface area (Å²) in [5, 5.41) is 23.8. The molecule has 1 atom stereocenters. The van der Waals surface area contributed by atoms with Gasteiger partial charge >= 0.3 is 4.87 Å². The highest BCUT2D eigenvalue weighted by Gasteiger charge is 2.40. The normalized spacial score (nSPS) is 17.7. The molecule has 2 aliphatic heterocycles. The number of nitrogens with one attached hydrogen (secondary N) is 2. The molecular formula is C33H38F2N4O4S2. The molecule has 1 amide bonds. The summed E-state index contributed by atoms with van der Waals surface area (Å²) in [6.45, 7) is 5.91. The van der Waals surface area contributed by atoms with Gasteiger partial charge in [0, 0.05) is 47.7 Å². The number of phenolic OH excluding ortho intramolecular Hbond substituents is 1. The number of rotatable bonds is 9. The van der Waals surface area contributed by atoms with Crippen LogP contribution in [0.2, 0.25) is 0 Å². The van der Waals surface area contributed by atoms with Gasteiger partial charge in [-0.3, -0.25) is 14.5 Å². The van der Waals surface area contributed by atoms with E-state index in [0.717, 1.165) is 73.0 Å². The molecule has 0 saturated carbocycles. The molecule has 1 spiro atoms. The number of phenols is 1. The molecule has 6 rings (SSSR count). The second-order valence-corrected chi connectivity index (χ2v) is 14.6. The summed E-state index contributed by atoms with van der Waals surface area (Å²) in [7, 11) is 0. The Labute approximate surface area is 268 Å². The van der Waals surface area contributed by atoms with E-state index in [1.165, 1.54) is 18.2 Å². The zero-order valence-corrected chi connectivity index (χ0v) is 26.8. The molecule has 2 fully saturated rings. The van der Waals surface area contributed by atoms with E-state index in [4.69, 9.17) is 0 Å². The zero-order valence-electron chi connectivity index (χ0n) is 25.2. The lowest BCUT2D eigenvalue weighted by Gasteiger charge is -2.47. The largest absolute Gasteiger partial charge is 0.506 e. The first kappa shape index (κ1) is 31.8. The molecular weight excluding hydrogens is 619 g/mol. The van der Waals surface area contributed by atoms with Crippen molar-refractivity contribution >= 4 is 38.8 Å². The number of H-pyrrole nitrogens is 1. The third kappa shape index (κ3) is 6.85. The lowest BCUT2D eigenvalue weighted by atomic mass is 9.72. The Hall–Kier alpha value is -3.16. The van der Waals surface area contributed by atoms with Crippen LogP contribution in [0.5, 0.6) is 5.75 Å². The summed E-state index contributed by atoms with van der Waals surface area (Å²) >= 11 is 2.45. The van der Waals surface area contributed by atoms with Crippen molar-refractivity contribution in [1.29, 1.82) is 0 Å². The number of fused-ring (bicyclic) bond motifs is 1. The van der Waals surface area contributed by atoms with Crippen LogP contribution in [0.1, 0.15) is 63.0 Å². The zero-order chi connectivity index (χ0) is 31.7. The number of aliphatic hydroxyl groups is 1. The quantitative estimate of drug-likeness (QED) is 0.182. The van der Waals surface area contributed by atoms with Gasteiger partial charge < -0.3 is 25.4 Å². The Bertz CT molecular complexity index is 1740. The fourth-order valence-corrected chi connectivity index (χ4v) is 8.54. The van der Waals surface area contributed by atoms with Crippen LogP contribution < -0.4 is 10.2 Å². The first-order valence-corrected chi connectivity index (χ1v) is 17.0. The van der Waals surface area contributed by atoms with Gasteiger partial charge in [-0.15, -0.1) is 11.3 Å². The maximum atomic E-state index is 15.6. The minimum absolute atomic E-state index is 0.0177. The van der Waals surface area contributed by atoms with E-state index in [0.29, 0.717) is 22.4 Å².